The number of fused-ring (bicyclic) bond motifs is 1. The van der Waals surface area contributed by atoms with E-state index in [0.29, 0.717) is 5.56 Å². The van der Waals surface area contributed by atoms with Crippen molar-refractivity contribution in [3.05, 3.63) is 66.2 Å². The molecule has 2 heterocycles. The molecule has 1 unspecified atom stereocenters. The van der Waals surface area contributed by atoms with Crippen molar-refractivity contribution in [1.29, 1.82) is 0 Å². The Morgan fingerprint density at radius 2 is 1.89 bits per heavy atom. The van der Waals surface area contributed by atoms with Gasteiger partial charge in [0, 0.05) is 5.56 Å². The lowest BCUT2D eigenvalue weighted by Gasteiger charge is -2.20. The number of nitrogens with one attached hydrogen (secondary N) is 2. The van der Waals surface area contributed by atoms with Crippen LogP contribution in [0.4, 0.5) is 0 Å². The van der Waals surface area contributed by atoms with Gasteiger partial charge in [0.2, 0.25) is 0 Å². The number of rotatable bonds is 5. The maximum atomic E-state index is 12.7. The highest BCUT2D eigenvalue weighted by Gasteiger charge is 2.22. The molecular formula is C19H19N7O. The van der Waals surface area contributed by atoms with Gasteiger partial charge in [0.15, 0.2) is 0 Å². The van der Waals surface area contributed by atoms with E-state index >= 15 is 0 Å². The molecule has 0 saturated heterocycles. The summed E-state index contributed by atoms with van der Waals surface area (Å²) in [6.07, 6.45) is 1.51. The summed E-state index contributed by atoms with van der Waals surface area (Å²) in [5.74, 6) is 0.775. The highest BCUT2D eigenvalue weighted by molar-refractivity contribution is 5.94. The van der Waals surface area contributed by atoms with Gasteiger partial charge in [-0.1, -0.05) is 26.0 Å². The number of tetrazole rings is 1. The molecule has 4 aromatic rings. The van der Waals surface area contributed by atoms with Gasteiger partial charge in [-0.15, -0.1) is 5.10 Å². The maximum absolute atomic E-state index is 12.7. The Kier molecular flexibility index (Phi) is 4.37. The third-order valence-corrected chi connectivity index (χ3v) is 4.40. The first-order valence-corrected chi connectivity index (χ1v) is 8.71. The van der Waals surface area contributed by atoms with Crippen LogP contribution in [-0.2, 0) is 0 Å². The molecule has 0 saturated carbocycles. The van der Waals surface area contributed by atoms with E-state index in [1.165, 1.54) is 11.0 Å². The van der Waals surface area contributed by atoms with Crippen molar-refractivity contribution in [2.75, 3.05) is 0 Å². The van der Waals surface area contributed by atoms with Crippen LogP contribution in [0.2, 0.25) is 0 Å². The van der Waals surface area contributed by atoms with Gasteiger partial charge >= 0.3 is 0 Å². The quantitative estimate of drug-likeness (QED) is 0.569. The third kappa shape index (κ3) is 3.41. The van der Waals surface area contributed by atoms with Gasteiger partial charge in [-0.05, 0) is 52.7 Å². The summed E-state index contributed by atoms with van der Waals surface area (Å²) in [7, 11) is 0. The number of carbonyl (C=O) groups excluding carboxylic acids is 1. The average Bonchev–Trinajstić information content (AvgIpc) is 3.35. The third-order valence-electron chi connectivity index (χ3n) is 4.40. The van der Waals surface area contributed by atoms with Gasteiger partial charge in [0.25, 0.3) is 5.91 Å². The molecule has 2 aromatic carbocycles. The zero-order chi connectivity index (χ0) is 18.8. The zero-order valence-corrected chi connectivity index (χ0v) is 15.0. The van der Waals surface area contributed by atoms with E-state index in [1.807, 2.05) is 24.3 Å². The van der Waals surface area contributed by atoms with Crippen LogP contribution in [-0.4, -0.2) is 36.1 Å². The highest BCUT2D eigenvalue weighted by atomic mass is 16.1. The Labute approximate surface area is 155 Å². The fourth-order valence-electron chi connectivity index (χ4n) is 2.94. The Morgan fingerprint density at radius 3 is 2.56 bits per heavy atom. The van der Waals surface area contributed by atoms with Crippen molar-refractivity contribution < 1.29 is 4.79 Å². The van der Waals surface area contributed by atoms with Gasteiger partial charge in [0.1, 0.15) is 12.2 Å². The van der Waals surface area contributed by atoms with E-state index in [-0.39, 0.29) is 17.9 Å². The van der Waals surface area contributed by atoms with Gasteiger partial charge < -0.3 is 10.3 Å². The normalized spacial score (nSPS) is 12.4. The predicted molar refractivity (Wildman–Crippen MR) is 100 cm³/mol. The number of amides is 1. The van der Waals surface area contributed by atoms with Gasteiger partial charge in [-0.3, -0.25) is 4.79 Å². The smallest absolute Gasteiger partial charge is 0.251 e. The average molecular weight is 361 g/mol. The van der Waals surface area contributed by atoms with Crippen LogP contribution in [0.1, 0.15) is 36.1 Å². The summed E-state index contributed by atoms with van der Waals surface area (Å²) in [6.45, 7) is 4.11. The molecule has 0 spiro atoms. The van der Waals surface area contributed by atoms with Crippen molar-refractivity contribution in [2.45, 2.75) is 19.9 Å². The monoisotopic (exact) mass is 361 g/mol. The number of para-hydroxylation sites is 2. The Balaban J connectivity index is 1.55. The fraction of sp³-hybridized carbons (Fsp3) is 0.211. The lowest BCUT2D eigenvalue weighted by molar-refractivity contribution is 0.0923. The van der Waals surface area contributed by atoms with Crippen LogP contribution in [0.5, 0.6) is 0 Å². The SMILES string of the molecule is CC(C)C(NC(=O)c1ccc(-n2cnnn2)cc1)c1nc2ccccc2[nH]1. The van der Waals surface area contributed by atoms with Crippen LogP contribution >= 0.6 is 0 Å². The molecule has 0 aliphatic rings. The maximum Gasteiger partial charge on any atom is 0.251 e. The summed E-state index contributed by atoms with van der Waals surface area (Å²) in [5, 5.41) is 14.1. The van der Waals surface area contributed by atoms with Gasteiger partial charge in [0.05, 0.1) is 22.8 Å². The molecule has 4 rings (SSSR count). The number of imidazole rings is 1. The molecule has 0 radical (unpaired) electrons. The molecule has 1 amide bonds. The molecule has 2 N–H and O–H groups in total. The van der Waals surface area contributed by atoms with Crippen molar-refractivity contribution in [3.63, 3.8) is 0 Å². The predicted octanol–water partition coefficient (Wildman–Crippen LogP) is 2.67. The number of H-pyrrole nitrogens is 1. The molecular weight excluding hydrogens is 342 g/mol. The molecule has 0 bridgehead atoms. The Morgan fingerprint density at radius 1 is 1.11 bits per heavy atom. The van der Waals surface area contributed by atoms with Crippen LogP contribution in [0, 0.1) is 5.92 Å². The van der Waals surface area contributed by atoms with E-state index in [2.05, 4.69) is 44.7 Å². The number of carbonyl (C=O) groups is 1. The first-order valence-electron chi connectivity index (χ1n) is 8.71. The molecule has 0 aliphatic heterocycles. The van der Waals surface area contributed by atoms with Crippen LogP contribution < -0.4 is 5.32 Å². The summed E-state index contributed by atoms with van der Waals surface area (Å²) in [6, 6.07) is 14.7. The highest BCUT2D eigenvalue weighted by Crippen LogP contribution is 2.22. The van der Waals surface area contributed by atoms with Crippen molar-refractivity contribution >= 4 is 16.9 Å². The molecule has 0 fully saturated rings. The second-order valence-corrected chi connectivity index (χ2v) is 6.64. The van der Waals surface area contributed by atoms with Crippen LogP contribution in [0.3, 0.4) is 0 Å². The van der Waals surface area contributed by atoms with Crippen molar-refractivity contribution in [2.24, 2.45) is 5.92 Å². The first kappa shape index (κ1) is 16.9. The largest absolute Gasteiger partial charge is 0.342 e. The molecule has 0 aliphatic carbocycles. The second kappa shape index (κ2) is 6.99. The number of hydrogen-bond donors (Lipinski definition) is 2. The summed E-state index contributed by atoms with van der Waals surface area (Å²) >= 11 is 0. The number of benzene rings is 2. The standard InChI is InChI=1S/C19H19N7O/c1-12(2)17(18-21-15-5-3-4-6-16(15)22-18)23-19(27)13-7-9-14(10-8-13)26-11-20-24-25-26/h3-12,17H,1-2H3,(H,21,22)(H,23,27). The van der Waals surface area contributed by atoms with E-state index < -0.39 is 0 Å². The van der Waals surface area contributed by atoms with E-state index in [9.17, 15) is 4.79 Å². The minimum absolute atomic E-state index is 0.155. The minimum atomic E-state index is -0.218. The second-order valence-electron chi connectivity index (χ2n) is 6.64. The Bertz CT molecular complexity index is 1020. The van der Waals surface area contributed by atoms with Crippen LogP contribution in [0.25, 0.3) is 16.7 Å². The first-order chi connectivity index (χ1) is 13.1. The fourth-order valence-corrected chi connectivity index (χ4v) is 2.94. The van der Waals surface area contributed by atoms with Crippen molar-refractivity contribution in [3.8, 4) is 5.69 Å². The number of nitrogens with zero attached hydrogens (tertiary/aromatic N) is 5. The molecule has 8 nitrogen and oxygen atoms in total. The minimum Gasteiger partial charge on any atom is -0.342 e. The summed E-state index contributed by atoms with van der Waals surface area (Å²) in [4.78, 5) is 20.7. The lowest BCUT2D eigenvalue weighted by Crippen LogP contribution is -2.32. The number of hydrogen-bond acceptors (Lipinski definition) is 5. The van der Waals surface area contributed by atoms with E-state index in [1.54, 1.807) is 24.3 Å². The van der Waals surface area contributed by atoms with E-state index in [0.717, 1.165) is 22.5 Å². The van der Waals surface area contributed by atoms with Crippen molar-refractivity contribution in [1.82, 2.24) is 35.5 Å². The number of aromatic nitrogens is 6. The molecule has 136 valence electrons. The number of aromatic amines is 1. The topological polar surface area (TPSA) is 101 Å². The van der Waals surface area contributed by atoms with Crippen LogP contribution in [0.15, 0.2) is 54.9 Å². The zero-order valence-electron chi connectivity index (χ0n) is 15.0. The van der Waals surface area contributed by atoms with E-state index in [4.69, 9.17) is 0 Å². The lowest BCUT2D eigenvalue weighted by atomic mass is 10.0. The molecule has 8 heteroatoms. The summed E-state index contributed by atoms with van der Waals surface area (Å²) in [5.41, 5.74) is 3.19. The molecule has 2 aromatic heterocycles. The summed E-state index contributed by atoms with van der Waals surface area (Å²) < 4.78 is 1.53. The molecule has 27 heavy (non-hydrogen) atoms. The Hall–Kier alpha value is -3.55. The van der Waals surface area contributed by atoms with Gasteiger partial charge in [-0.25, -0.2) is 9.67 Å². The van der Waals surface area contributed by atoms with Gasteiger partial charge in [-0.2, -0.15) is 0 Å². The molecule has 1 atom stereocenters.